The minimum absolute atomic E-state index is 0.0420. The number of benzene rings is 1. The lowest BCUT2D eigenvalue weighted by atomic mass is 9.91. The van der Waals surface area contributed by atoms with E-state index in [1.807, 2.05) is 0 Å². The first kappa shape index (κ1) is 14.6. The van der Waals surface area contributed by atoms with Crippen molar-refractivity contribution < 1.29 is 14.2 Å². The monoisotopic (exact) mass is 310 g/mol. The zero-order chi connectivity index (χ0) is 14.9. The molecule has 0 radical (unpaired) electrons. The Bertz CT molecular complexity index is 544. The average Bonchev–Trinajstić information content (AvgIpc) is 2.86. The molecular formula is C15H19ClN2O3. The Labute approximate surface area is 128 Å². The number of ether oxygens (including phenoxy) is 3. The van der Waals surface area contributed by atoms with E-state index in [0.717, 1.165) is 25.9 Å². The highest BCUT2D eigenvalue weighted by molar-refractivity contribution is 6.34. The van der Waals surface area contributed by atoms with Crippen LogP contribution in [-0.2, 0) is 9.47 Å². The Morgan fingerprint density at radius 3 is 2.95 bits per heavy atom. The number of nitrogens with one attached hydrogen (secondary N) is 1. The molecule has 1 aromatic rings. The van der Waals surface area contributed by atoms with Crippen molar-refractivity contribution in [3.63, 3.8) is 0 Å². The molecule has 1 aromatic carbocycles. The van der Waals surface area contributed by atoms with Crippen LogP contribution in [0.3, 0.4) is 0 Å². The predicted octanol–water partition coefficient (Wildman–Crippen LogP) is 2.34. The van der Waals surface area contributed by atoms with Gasteiger partial charge in [0.2, 0.25) is 0 Å². The summed E-state index contributed by atoms with van der Waals surface area (Å²) >= 11 is 6.12. The quantitative estimate of drug-likeness (QED) is 0.663. The molecule has 2 fully saturated rings. The Kier molecular flexibility index (Phi) is 4.06. The van der Waals surface area contributed by atoms with Crippen LogP contribution < -0.4 is 10.5 Å². The maximum absolute atomic E-state index is 7.43. The Hall–Kier alpha value is -1.30. The molecule has 2 unspecified atom stereocenters. The maximum atomic E-state index is 7.43. The summed E-state index contributed by atoms with van der Waals surface area (Å²) in [6.45, 7) is 2.09. The van der Waals surface area contributed by atoms with Gasteiger partial charge in [0.1, 0.15) is 17.7 Å². The van der Waals surface area contributed by atoms with Crippen LogP contribution in [0.25, 0.3) is 0 Å². The molecule has 5 nitrogen and oxygen atoms in total. The lowest BCUT2D eigenvalue weighted by molar-refractivity contribution is -0.112. The Morgan fingerprint density at radius 1 is 1.43 bits per heavy atom. The summed E-state index contributed by atoms with van der Waals surface area (Å²) in [5.41, 5.74) is 5.81. The fraction of sp³-hybridized carbons (Fsp3) is 0.533. The molecule has 2 saturated heterocycles. The van der Waals surface area contributed by atoms with Crippen LogP contribution in [0.4, 0.5) is 0 Å². The van der Waals surface area contributed by atoms with E-state index in [2.05, 4.69) is 0 Å². The van der Waals surface area contributed by atoms with Crippen molar-refractivity contribution in [1.29, 1.82) is 5.41 Å². The summed E-state index contributed by atoms with van der Waals surface area (Å²) in [7, 11) is 0. The van der Waals surface area contributed by atoms with Gasteiger partial charge >= 0.3 is 0 Å². The third kappa shape index (κ3) is 3.15. The van der Waals surface area contributed by atoms with Crippen molar-refractivity contribution in [1.82, 2.24) is 0 Å². The average molecular weight is 311 g/mol. The summed E-state index contributed by atoms with van der Waals surface area (Å²) in [4.78, 5) is 0. The Morgan fingerprint density at radius 2 is 2.29 bits per heavy atom. The highest BCUT2D eigenvalue weighted by Gasteiger charge is 2.41. The predicted molar refractivity (Wildman–Crippen MR) is 80.2 cm³/mol. The fourth-order valence-electron chi connectivity index (χ4n) is 2.93. The third-order valence-corrected chi connectivity index (χ3v) is 4.36. The smallest absolute Gasteiger partial charge is 0.124 e. The van der Waals surface area contributed by atoms with Gasteiger partial charge < -0.3 is 19.9 Å². The van der Waals surface area contributed by atoms with E-state index >= 15 is 0 Å². The molecule has 21 heavy (non-hydrogen) atoms. The molecule has 0 aliphatic carbocycles. The highest BCUT2D eigenvalue weighted by Crippen LogP contribution is 2.35. The van der Waals surface area contributed by atoms with Gasteiger partial charge in [0, 0.05) is 31.4 Å². The molecule has 3 N–H and O–H groups in total. The van der Waals surface area contributed by atoms with Gasteiger partial charge in [-0.2, -0.15) is 0 Å². The van der Waals surface area contributed by atoms with E-state index in [1.54, 1.807) is 18.2 Å². The van der Waals surface area contributed by atoms with Gasteiger partial charge in [-0.3, -0.25) is 5.41 Å². The molecule has 0 amide bonds. The normalized spacial score (nSPS) is 28.7. The number of amidine groups is 1. The standard InChI is InChI=1S/C15H19ClN2O3/c16-13-7-10(1-2-12(13)14(17)18)21-11-3-5-20-15(8-11)4-6-19-9-15/h1-2,7,11H,3-6,8-9H2,(H3,17,18). The van der Waals surface area contributed by atoms with Crippen LogP contribution in [0.15, 0.2) is 18.2 Å². The van der Waals surface area contributed by atoms with E-state index in [0.29, 0.717) is 29.5 Å². The summed E-state index contributed by atoms with van der Waals surface area (Å²) in [5.74, 6) is 0.658. The number of hydrogen-bond acceptors (Lipinski definition) is 4. The van der Waals surface area contributed by atoms with Gasteiger partial charge in [0.25, 0.3) is 0 Å². The van der Waals surface area contributed by atoms with Crippen molar-refractivity contribution >= 4 is 17.4 Å². The summed E-state index contributed by atoms with van der Waals surface area (Å²) < 4.78 is 17.4. The third-order valence-electron chi connectivity index (χ3n) is 4.05. The van der Waals surface area contributed by atoms with Gasteiger partial charge in [-0.25, -0.2) is 0 Å². The molecule has 2 heterocycles. The van der Waals surface area contributed by atoms with Crippen molar-refractivity contribution in [3.8, 4) is 5.75 Å². The Balaban J connectivity index is 1.68. The summed E-state index contributed by atoms with van der Waals surface area (Å²) in [5, 5.41) is 7.87. The van der Waals surface area contributed by atoms with Crippen LogP contribution in [0.2, 0.25) is 5.02 Å². The van der Waals surface area contributed by atoms with Crippen molar-refractivity contribution in [2.45, 2.75) is 31.0 Å². The minimum Gasteiger partial charge on any atom is -0.490 e. The summed E-state index contributed by atoms with van der Waals surface area (Å²) in [6.07, 6.45) is 2.71. The van der Waals surface area contributed by atoms with Crippen molar-refractivity contribution in [2.24, 2.45) is 5.73 Å². The first-order chi connectivity index (χ1) is 10.1. The van der Waals surface area contributed by atoms with E-state index in [9.17, 15) is 0 Å². The maximum Gasteiger partial charge on any atom is 0.124 e. The van der Waals surface area contributed by atoms with Crippen LogP contribution in [0, 0.1) is 5.41 Å². The minimum atomic E-state index is -0.175. The van der Waals surface area contributed by atoms with Crippen LogP contribution in [0.1, 0.15) is 24.8 Å². The van der Waals surface area contributed by atoms with E-state index < -0.39 is 0 Å². The molecule has 6 heteroatoms. The molecule has 0 bridgehead atoms. The number of nitrogen functional groups attached to an aromatic ring is 1. The SMILES string of the molecule is N=C(N)c1ccc(OC2CCOC3(CCOC3)C2)cc1Cl. The second-order valence-electron chi connectivity index (χ2n) is 5.62. The molecule has 2 aliphatic heterocycles. The first-order valence-corrected chi connectivity index (χ1v) is 7.48. The second kappa shape index (κ2) is 5.83. The molecule has 0 aromatic heterocycles. The number of halogens is 1. The fourth-order valence-corrected chi connectivity index (χ4v) is 3.20. The van der Waals surface area contributed by atoms with Gasteiger partial charge in [-0.1, -0.05) is 11.6 Å². The molecule has 1 spiro atoms. The van der Waals surface area contributed by atoms with Crippen LogP contribution in [-0.4, -0.2) is 37.4 Å². The zero-order valence-corrected chi connectivity index (χ0v) is 12.5. The molecular weight excluding hydrogens is 292 g/mol. The number of hydrogen-bond donors (Lipinski definition) is 2. The zero-order valence-electron chi connectivity index (χ0n) is 11.7. The van der Waals surface area contributed by atoms with E-state index in [4.69, 9.17) is 37.0 Å². The number of nitrogens with two attached hydrogens (primary N) is 1. The second-order valence-corrected chi connectivity index (χ2v) is 6.03. The molecule has 2 atom stereocenters. The largest absolute Gasteiger partial charge is 0.490 e. The van der Waals surface area contributed by atoms with Gasteiger partial charge in [0.05, 0.1) is 23.8 Å². The first-order valence-electron chi connectivity index (χ1n) is 7.10. The topological polar surface area (TPSA) is 77.6 Å². The molecule has 0 saturated carbocycles. The molecule has 2 aliphatic rings. The van der Waals surface area contributed by atoms with Crippen molar-refractivity contribution in [2.75, 3.05) is 19.8 Å². The van der Waals surface area contributed by atoms with Crippen LogP contribution >= 0.6 is 11.6 Å². The number of rotatable bonds is 3. The van der Waals surface area contributed by atoms with E-state index in [1.165, 1.54) is 0 Å². The van der Waals surface area contributed by atoms with Gasteiger partial charge in [0.15, 0.2) is 0 Å². The van der Waals surface area contributed by atoms with Gasteiger partial charge in [-0.05, 0) is 18.2 Å². The lowest BCUT2D eigenvalue weighted by Crippen LogP contribution is -2.44. The molecule has 114 valence electrons. The highest BCUT2D eigenvalue weighted by atomic mass is 35.5. The van der Waals surface area contributed by atoms with Gasteiger partial charge in [-0.15, -0.1) is 0 Å². The molecule has 3 rings (SSSR count). The summed E-state index contributed by atoms with van der Waals surface area (Å²) in [6, 6.07) is 5.23. The van der Waals surface area contributed by atoms with Crippen LogP contribution in [0.5, 0.6) is 5.75 Å². The van der Waals surface area contributed by atoms with E-state index in [-0.39, 0.29) is 17.5 Å². The van der Waals surface area contributed by atoms with Crippen molar-refractivity contribution in [3.05, 3.63) is 28.8 Å². The lowest BCUT2D eigenvalue weighted by Gasteiger charge is -2.37.